The maximum atomic E-state index is 13.4. The minimum absolute atomic E-state index is 0.373. The van der Waals surface area contributed by atoms with Gasteiger partial charge in [-0.15, -0.1) is 0 Å². The van der Waals surface area contributed by atoms with Crippen LogP contribution in [0.3, 0.4) is 0 Å². The molecule has 164 valence electrons. The molecule has 8 heteroatoms. The molecule has 4 heterocycles. The topological polar surface area (TPSA) is 81.2 Å². The molecular formula is C24H24N4O4. The first-order chi connectivity index (χ1) is 15.6. The summed E-state index contributed by atoms with van der Waals surface area (Å²) in [7, 11) is 0. The van der Waals surface area contributed by atoms with Crippen LogP contribution < -0.4 is 0 Å². The fourth-order valence-electron chi connectivity index (χ4n) is 5.52. The fourth-order valence-corrected chi connectivity index (χ4v) is 5.52. The summed E-state index contributed by atoms with van der Waals surface area (Å²) in [6.45, 7) is 2.64. The van der Waals surface area contributed by atoms with Crippen molar-refractivity contribution in [1.29, 1.82) is 0 Å². The lowest BCUT2D eigenvalue weighted by atomic mass is 9.86. The lowest BCUT2D eigenvalue weighted by molar-refractivity contribution is -0.0130. The van der Waals surface area contributed by atoms with Crippen molar-refractivity contribution >= 4 is 34.4 Å². The Balaban J connectivity index is 1.49. The van der Waals surface area contributed by atoms with Gasteiger partial charge in [0.25, 0.3) is 23.6 Å². The number of carbonyl (C=O) groups is 4. The smallest absolute Gasteiger partial charge is 0.267 e. The molecule has 0 aliphatic carbocycles. The van der Waals surface area contributed by atoms with Gasteiger partial charge in [-0.25, -0.2) is 20.0 Å². The van der Waals surface area contributed by atoms with Gasteiger partial charge in [-0.3, -0.25) is 19.2 Å². The monoisotopic (exact) mass is 432 g/mol. The second kappa shape index (κ2) is 7.21. The summed E-state index contributed by atoms with van der Waals surface area (Å²) in [5.41, 5.74) is 1.49. The summed E-state index contributed by atoms with van der Waals surface area (Å²) < 4.78 is 0. The first kappa shape index (κ1) is 19.6. The second-order valence-electron chi connectivity index (χ2n) is 8.94. The number of rotatable bonds is 2. The molecule has 4 aliphatic heterocycles. The van der Waals surface area contributed by atoms with Crippen LogP contribution in [0.15, 0.2) is 24.3 Å². The lowest BCUT2D eigenvalue weighted by Gasteiger charge is -2.40. The van der Waals surface area contributed by atoms with Crippen LogP contribution in [0.1, 0.15) is 80.0 Å². The van der Waals surface area contributed by atoms with Crippen LogP contribution in [0.4, 0.5) is 0 Å². The van der Waals surface area contributed by atoms with E-state index in [0.29, 0.717) is 59.2 Å². The van der Waals surface area contributed by atoms with E-state index in [4.69, 9.17) is 0 Å². The van der Waals surface area contributed by atoms with Crippen molar-refractivity contribution in [3.8, 4) is 0 Å². The number of imide groups is 2. The van der Waals surface area contributed by atoms with Crippen molar-refractivity contribution in [2.45, 2.75) is 38.5 Å². The summed E-state index contributed by atoms with van der Waals surface area (Å²) in [6, 6.07) is 6.55. The van der Waals surface area contributed by atoms with Crippen LogP contribution in [0, 0.1) is 0 Å². The van der Waals surface area contributed by atoms with Gasteiger partial charge in [0.1, 0.15) is 0 Å². The third-order valence-corrected chi connectivity index (χ3v) is 7.08. The normalized spacial score (nSPS) is 22.2. The highest BCUT2D eigenvalue weighted by atomic mass is 16.2. The van der Waals surface area contributed by atoms with Crippen LogP contribution in [-0.4, -0.2) is 69.8 Å². The first-order valence-corrected chi connectivity index (χ1v) is 11.4. The van der Waals surface area contributed by atoms with E-state index in [2.05, 4.69) is 0 Å². The van der Waals surface area contributed by atoms with E-state index in [1.54, 1.807) is 24.3 Å². The molecule has 0 atom stereocenters. The average Bonchev–Trinajstić information content (AvgIpc) is 2.83. The molecule has 8 nitrogen and oxygen atoms in total. The van der Waals surface area contributed by atoms with E-state index in [-0.39, 0.29) is 23.6 Å². The average molecular weight is 432 g/mol. The number of hydrazine groups is 2. The van der Waals surface area contributed by atoms with Gasteiger partial charge in [0.15, 0.2) is 0 Å². The van der Waals surface area contributed by atoms with Crippen LogP contribution in [0.5, 0.6) is 0 Å². The molecule has 4 amide bonds. The fraction of sp³-hybridized carbons (Fsp3) is 0.417. The molecule has 0 spiro atoms. The molecule has 4 aliphatic rings. The second-order valence-corrected chi connectivity index (χ2v) is 8.94. The minimum Gasteiger partial charge on any atom is -0.267 e. The molecule has 0 N–H and O–H groups in total. The standard InChI is InChI=1S/C24H24N4O4/c29-21-15-7-9-17-20-18(24(32)28(23(17)31)26-13-5-2-6-14-26)10-8-16(19(15)20)22(30)27(21)25-11-3-1-4-12-25/h7-10H,1-6,11-14H2. The summed E-state index contributed by atoms with van der Waals surface area (Å²) in [5, 5.41) is 7.03. The zero-order valence-corrected chi connectivity index (χ0v) is 17.8. The first-order valence-electron chi connectivity index (χ1n) is 11.4. The molecule has 32 heavy (non-hydrogen) atoms. The van der Waals surface area contributed by atoms with Crippen LogP contribution >= 0.6 is 0 Å². The predicted octanol–water partition coefficient (Wildman–Crippen LogP) is 2.83. The van der Waals surface area contributed by atoms with Crippen molar-refractivity contribution in [2.24, 2.45) is 0 Å². The summed E-state index contributed by atoms with van der Waals surface area (Å²) in [4.78, 5) is 53.6. The molecule has 0 saturated carbocycles. The third-order valence-electron chi connectivity index (χ3n) is 7.08. The molecule has 0 bridgehead atoms. The van der Waals surface area contributed by atoms with Crippen molar-refractivity contribution in [1.82, 2.24) is 20.0 Å². The highest BCUT2D eigenvalue weighted by molar-refractivity contribution is 6.33. The Morgan fingerprint density at radius 3 is 1.00 bits per heavy atom. The largest absolute Gasteiger partial charge is 0.276 e. The van der Waals surface area contributed by atoms with E-state index in [1.807, 2.05) is 10.0 Å². The van der Waals surface area contributed by atoms with Gasteiger partial charge in [0.2, 0.25) is 0 Å². The molecule has 0 aromatic heterocycles. The van der Waals surface area contributed by atoms with Gasteiger partial charge in [0, 0.05) is 37.0 Å². The zero-order chi connectivity index (χ0) is 22.0. The van der Waals surface area contributed by atoms with Gasteiger partial charge < -0.3 is 0 Å². The summed E-state index contributed by atoms with van der Waals surface area (Å²) in [5.74, 6) is -1.53. The quantitative estimate of drug-likeness (QED) is 0.679. The molecule has 2 saturated heterocycles. The van der Waals surface area contributed by atoms with Crippen LogP contribution in [-0.2, 0) is 0 Å². The lowest BCUT2D eigenvalue weighted by Crippen LogP contribution is -2.55. The number of carbonyl (C=O) groups excluding carboxylic acids is 4. The van der Waals surface area contributed by atoms with Gasteiger partial charge in [-0.05, 0) is 49.9 Å². The SMILES string of the molecule is O=C1c2ccc3c4c(ccc(c24)C(=O)N1N1CCCCC1)C(=O)N(N1CCCCC1)C3=O. The van der Waals surface area contributed by atoms with Crippen molar-refractivity contribution in [3.05, 3.63) is 46.5 Å². The minimum atomic E-state index is -0.383. The Kier molecular flexibility index (Phi) is 4.41. The van der Waals surface area contributed by atoms with Crippen molar-refractivity contribution in [3.63, 3.8) is 0 Å². The van der Waals surface area contributed by atoms with Gasteiger partial charge in [0.05, 0.1) is 22.3 Å². The maximum absolute atomic E-state index is 13.4. The van der Waals surface area contributed by atoms with E-state index >= 15 is 0 Å². The van der Waals surface area contributed by atoms with Crippen molar-refractivity contribution < 1.29 is 19.2 Å². The van der Waals surface area contributed by atoms with Gasteiger partial charge in [-0.1, -0.05) is 12.8 Å². The molecule has 2 fully saturated rings. The molecule has 2 aromatic rings. The predicted molar refractivity (Wildman–Crippen MR) is 116 cm³/mol. The van der Waals surface area contributed by atoms with Gasteiger partial charge in [-0.2, -0.15) is 0 Å². The van der Waals surface area contributed by atoms with Crippen LogP contribution in [0.2, 0.25) is 0 Å². The number of piperidine rings is 2. The van der Waals surface area contributed by atoms with Gasteiger partial charge >= 0.3 is 0 Å². The molecule has 0 radical (unpaired) electrons. The Morgan fingerprint density at radius 1 is 0.438 bits per heavy atom. The number of hydrogen-bond donors (Lipinski definition) is 0. The third kappa shape index (κ3) is 2.63. The number of amides is 4. The number of benzene rings is 2. The van der Waals surface area contributed by atoms with Crippen LogP contribution in [0.25, 0.3) is 10.8 Å². The molecule has 0 unspecified atom stereocenters. The van der Waals surface area contributed by atoms with E-state index in [9.17, 15) is 19.2 Å². The van der Waals surface area contributed by atoms with E-state index in [0.717, 1.165) is 38.5 Å². The van der Waals surface area contributed by atoms with Crippen molar-refractivity contribution in [2.75, 3.05) is 26.2 Å². The summed E-state index contributed by atoms with van der Waals surface area (Å²) >= 11 is 0. The Morgan fingerprint density at radius 2 is 0.719 bits per heavy atom. The maximum Gasteiger partial charge on any atom is 0.276 e. The molecular weight excluding hydrogens is 408 g/mol. The van der Waals surface area contributed by atoms with E-state index in [1.165, 1.54) is 10.0 Å². The molecule has 6 rings (SSSR count). The number of hydrogen-bond acceptors (Lipinski definition) is 6. The Labute approximate surface area is 185 Å². The van der Waals surface area contributed by atoms with E-state index < -0.39 is 0 Å². The Hall–Kier alpha value is -3.10. The summed E-state index contributed by atoms with van der Waals surface area (Å²) in [6.07, 6.45) is 5.92. The Bertz CT molecular complexity index is 1030. The zero-order valence-electron chi connectivity index (χ0n) is 17.8. The number of nitrogens with zero attached hydrogens (tertiary/aromatic N) is 4. The highest BCUT2D eigenvalue weighted by Crippen LogP contribution is 2.39. The highest BCUT2D eigenvalue weighted by Gasteiger charge is 2.43. The molecule has 2 aromatic carbocycles.